The molecular formula is C36H46N8O4. The summed E-state index contributed by atoms with van der Waals surface area (Å²) < 4.78 is 1.44. The molecule has 1 aliphatic heterocycles. The SMILES string of the molecule is CC(C)n1nc(C2(C[C@@H](C)NCC(=O)N3CCC[C@H]3C#N)c3ccc(C(=O)N(C)C)cc3CCc3cc(C(=O)N(C)C)ccc32)[nH]c1=O. The number of likely N-dealkylation sites (tertiary alicyclic amines) is 1. The van der Waals surface area contributed by atoms with Crippen LogP contribution in [0.2, 0.25) is 0 Å². The van der Waals surface area contributed by atoms with Crippen molar-refractivity contribution < 1.29 is 14.4 Å². The molecule has 2 atom stereocenters. The predicted molar refractivity (Wildman–Crippen MR) is 182 cm³/mol. The Hall–Kier alpha value is -4.76. The van der Waals surface area contributed by atoms with Crippen molar-refractivity contribution in [3.8, 4) is 6.07 Å². The summed E-state index contributed by atoms with van der Waals surface area (Å²) in [7, 11) is 6.87. The molecule has 0 bridgehead atoms. The maximum atomic E-state index is 13.4. The number of nitrogens with one attached hydrogen (secondary N) is 2. The summed E-state index contributed by atoms with van der Waals surface area (Å²) in [5, 5.41) is 17.9. The van der Waals surface area contributed by atoms with Gasteiger partial charge in [0.05, 0.1) is 24.1 Å². The van der Waals surface area contributed by atoms with E-state index < -0.39 is 11.5 Å². The smallest absolute Gasteiger partial charge is 0.343 e. The number of carbonyl (C=O) groups is 3. The van der Waals surface area contributed by atoms with Gasteiger partial charge in [0, 0.05) is 51.9 Å². The number of aromatic amines is 1. The van der Waals surface area contributed by atoms with Crippen LogP contribution in [0.4, 0.5) is 0 Å². The van der Waals surface area contributed by atoms with Crippen LogP contribution in [0.1, 0.15) is 94.9 Å². The highest BCUT2D eigenvalue weighted by Gasteiger charge is 2.46. The molecule has 3 aromatic rings. The second-order valence-corrected chi connectivity index (χ2v) is 13.7. The zero-order valence-electron chi connectivity index (χ0n) is 29.0. The number of rotatable bonds is 9. The lowest BCUT2D eigenvalue weighted by Crippen LogP contribution is -2.45. The number of nitrogens with zero attached hydrogens (tertiary/aromatic N) is 6. The van der Waals surface area contributed by atoms with E-state index in [0.29, 0.717) is 49.2 Å². The summed E-state index contributed by atoms with van der Waals surface area (Å²) in [5.74, 6) is 0.0890. The Kier molecular flexibility index (Phi) is 9.91. The first-order valence-electron chi connectivity index (χ1n) is 16.6. The largest absolute Gasteiger partial charge is 0.345 e. The lowest BCUT2D eigenvalue weighted by Gasteiger charge is -2.37. The van der Waals surface area contributed by atoms with E-state index in [1.165, 1.54) is 4.68 Å². The van der Waals surface area contributed by atoms with Crippen LogP contribution in [-0.2, 0) is 23.1 Å². The molecule has 12 nitrogen and oxygen atoms in total. The molecule has 3 amide bonds. The third kappa shape index (κ3) is 6.39. The maximum absolute atomic E-state index is 13.4. The topological polar surface area (TPSA) is 147 Å². The van der Waals surface area contributed by atoms with Gasteiger partial charge in [-0.05, 0) is 99.4 Å². The predicted octanol–water partition coefficient (Wildman–Crippen LogP) is 2.87. The molecule has 5 rings (SSSR count). The van der Waals surface area contributed by atoms with Crippen LogP contribution < -0.4 is 11.0 Å². The number of aromatic nitrogens is 3. The molecule has 1 aromatic heterocycles. The van der Waals surface area contributed by atoms with E-state index in [1.807, 2.05) is 57.2 Å². The van der Waals surface area contributed by atoms with Gasteiger partial charge in [0.2, 0.25) is 5.91 Å². The standard InChI is InChI=1S/C36H46N8O4/c1-22(2)44-35(48)39-34(40-44)36(19-23(3)38-21-31(45)43-16-8-9-28(43)20-37)29-14-12-26(32(46)41(4)5)17-24(29)10-11-25-18-27(13-15-30(25)36)33(47)42(6)7/h12-15,17-18,22-23,28,38H,8-11,16,19,21H2,1-7H3,(H,39,40,48)/t23-,28+/m1/s1. The van der Waals surface area contributed by atoms with Crippen molar-refractivity contribution in [2.75, 3.05) is 41.3 Å². The number of hydrogen-bond donors (Lipinski definition) is 2. The van der Waals surface area contributed by atoms with Crippen LogP contribution in [0.5, 0.6) is 0 Å². The summed E-state index contributed by atoms with van der Waals surface area (Å²) in [6.45, 7) is 6.41. The summed E-state index contributed by atoms with van der Waals surface area (Å²) in [6.07, 6.45) is 3.07. The lowest BCUT2D eigenvalue weighted by molar-refractivity contribution is -0.130. The zero-order chi connectivity index (χ0) is 34.9. The molecule has 1 saturated heterocycles. The van der Waals surface area contributed by atoms with Gasteiger partial charge in [-0.25, -0.2) is 9.48 Å². The molecule has 254 valence electrons. The Balaban J connectivity index is 1.69. The minimum Gasteiger partial charge on any atom is -0.345 e. The van der Waals surface area contributed by atoms with Crippen LogP contribution in [0.15, 0.2) is 41.2 Å². The Morgan fingerprint density at radius 3 is 2.04 bits per heavy atom. The lowest BCUT2D eigenvalue weighted by atomic mass is 9.67. The van der Waals surface area contributed by atoms with Crippen molar-refractivity contribution in [3.63, 3.8) is 0 Å². The monoisotopic (exact) mass is 654 g/mol. The Morgan fingerprint density at radius 1 is 1.00 bits per heavy atom. The van der Waals surface area contributed by atoms with Gasteiger partial charge < -0.3 is 20.0 Å². The van der Waals surface area contributed by atoms with Gasteiger partial charge in [-0.2, -0.15) is 10.4 Å². The van der Waals surface area contributed by atoms with E-state index in [0.717, 1.165) is 28.7 Å². The van der Waals surface area contributed by atoms with E-state index in [1.54, 1.807) is 42.9 Å². The minimum atomic E-state index is -1.02. The van der Waals surface area contributed by atoms with E-state index in [-0.39, 0.29) is 42.0 Å². The number of hydrogen-bond acceptors (Lipinski definition) is 7. The molecule has 48 heavy (non-hydrogen) atoms. The first-order chi connectivity index (χ1) is 22.8. The highest BCUT2D eigenvalue weighted by Crippen LogP contribution is 2.47. The Bertz CT molecular complexity index is 1740. The van der Waals surface area contributed by atoms with Crippen molar-refractivity contribution in [3.05, 3.63) is 86.1 Å². The van der Waals surface area contributed by atoms with Crippen molar-refractivity contribution in [2.45, 2.75) is 76.4 Å². The normalized spacial score (nSPS) is 17.2. The van der Waals surface area contributed by atoms with E-state index >= 15 is 0 Å². The fourth-order valence-corrected chi connectivity index (χ4v) is 7.18. The van der Waals surface area contributed by atoms with Gasteiger partial charge in [-0.1, -0.05) is 12.1 Å². The molecular weight excluding hydrogens is 608 g/mol. The number of aryl methyl sites for hydroxylation is 2. The highest BCUT2D eigenvalue weighted by molar-refractivity contribution is 5.95. The second-order valence-electron chi connectivity index (χ2n) is 13.7. The fourth-order valence-electron chi connectivity index (χ4n) is 7.18. The highest BCUT2D eigenvalue weighted by atomic mass is 16.2. The number of carbonyl (C=O) groups excluding carboxylic acids is 3. The summed E-state index contributed by atoms with van der Waals surface area (Å²) in [6, 6.07) is 12.8. The minimum absolute atomic E-state index is 0.0542. The molecule has 12 heteroatoms. The third-order valence-electron chi connectivity index (χ3n) is 9.57. The quantitative estimate of drug-likeness (QED) is 0.361. The van der Waals surface area contributed by atoms with Gasteiger partial charge in [-0.3, -0.25) is 19.4 Å². The molecule has 2 heterocycles. The van der Waals surface area contributed by atoms with E-state index in [9.17, 15) is 24.4 Å². The van der Waals surface area contributed by atoms with Gasteiger partial charge in [0.1, 0.15) is 11.9 Å². The number of nitriles is 1. The molecule has 2 aromatic carbocycles. The van der Waals surface area contributed by atoms with E-state index in [2.05, 4.69) is 16.4 Å². The van der Waals surface area contributed by atoms with E-state index in [4.69, 9.17) is 5.10 Å². The van der Waals surface area contributed by atoms with Gasteiger partial charge in [0.15, 0.2) is 0 Å². The van der Waals surface area contributed by atoms with Crippen LogP contribution in [0.25, 0.3) is 0 Å². The maximum Gasteiger partial charge on any atom is 0.343 e. The molecule has 2 N–H and O–H groups in total. The summed E-state index contributed by atoms with van der Waals surface area (Å²) in [5.41, 5.74) is 3.44. The average Bonchev–Trinajstić information content (AvgIpc) is 3.68. The van der Waals surface area contributed by atoms with Gasteiger partial charge in [0.25, 0.3) is 11.8 Å². The summed E-state index contributed by atoms with van der Waals surface area (Å²) >= 11 is 0. The number of fused-ring (bicyclic) bond motifs is 2. The molecule has 1 aliphatic carbocycles. The zero-order valence-corrected chi connectivity index (χ0v) is 29.0. The Labute approximate surface area is 281 Å². The Morgan fingerprint density at radius 2 is 1.56 bits per heavy atom. The second kappa shape index (κ2) is 13.8. The molecule has 0 saturated carbocycles. The molecule has 2 aliphatic rings. The average molecular weight is 655 g/mol. The van der Waals surface area contributed by atoms with Gasteiger partial charge in [-0.15, -0.1) is 0 Å². The van der Waals surface area contributed by atoms with Crippen molar-refractivity contribution in [1.82, 2.24) is 34.8 Å². The van der Waals surface area contributed by atoms with Gasteiger partial charge >= 0.3 is 5.69 Å². The van der Waals surface area contributed by atoms with Crippen LogP contribution >= 0.6 is 0 Å². The molecule has 0 spiro atoms. The first kappa shape index (κ1) is 34.6. The number of amides is 3. The number of H-pyrrole nitrogens is 1. The molecule has 1 fully saturated rings. The molecule has 0 unspecified atom stereocenters. The van der Waals surface area contributed by atoms with Crippen molar-refractivity contribution in [2.24, 2.45) is 0 Å². The summed E-state index contributed by atoms with van der Waals surface area (Å²) in [4.78, 5) is 60.6. The van der Waals surface area contributed by atoms with Crippen molar-refractivity contribution >= 4 is 17.7 Å². The fraction of sp³-hybridized carbons (Fsp3) is 0.500. The van der Waals surface area contributed by atoms with Crippen LogP contribution in [0, 0.1) is 11.3 Å². The van der Waals surface area contributed by atoms with Crippen LogP contribution in [0.3, 0.4) is 0 Å². The van der Waals surface area contributed by atoms with Crippen LogP contribution in [-0.4, -0.2) is 101 Å². The first-order valence-corrected chi connectivity index (χ1v) is 16.6. The molecule has 0 radical (unpaired) electrons. The third-order valence-corrected chi connectivity index (χ3v) is 9.57. The van der Waals surface area contributed by atoms with Crippen molar-refractivity contribution in [1.29, 1.82) is 5.26 Å². The number of benzene rings is 2.